The van der Waals surface area contributed by atoms with Crippen molar-refractivity contribution in [3.05, 3.63) is 77.9 Å². The van der Waals surface area contributed by atoms with Crippen molar-refractivity contribution in [2.24, 2.45) is 0 Å². The fraction of sp³-hybridized carbons (Fsp3) is 0.227. The van der Waals surface area contributed by atoms with Crippen LogP contribution in [-0.4, -0.2) is 13.0 Å². The third kappa shape index (κ3) is 4.00. The molecule has 0 aliphatic carbocycles. The van der Waals surface area contributed by atoms with E-state index in [4.69, 9.17) is 4.74 Å². The summed E-state index contributed by atoms with van der Waals surface area (Å²) >= 11 is 0. The molecule has 0 radical (unpaired) electrons. The molecule has 0 saturated heterocycles. The zero-order valence-electron chi connectivity index (χ0n) is 14.7. The third-order valence-corrected chi connectivity index (χ3v) is 4.48. The Morgan fingerprint density at radius 3 is 2.56 bits per heavy atom. The number of carbonyl (C=O) groups is 1. The Bertz CT molecular complexity index is 867. The highest BCUT2D eigenvalue weighted by atomic mass is 16.5. The number of para-hydroxylation sites is 1. The number of amides is 1. The highest BCUT2D eigenvalue weighted by Crippen LogP contribution is 2.24. The van der Waals surface area contributed by atoms with E-state index in [0.717, 1.165) is 17.7 Å². The number of aryl methyl sites for hydroxylation is 1. The number of rotatable bonds is 6. The largest absolute Gasteiger partial charge is 0.496 e. The van der Waals surface area contributed by atoms with E-state index in [1.54, 1.807) is 7.11 Å². The molecule has 0 fully saturated rings. The maximum absolute atomic E-state index is 12.4. The SMILES string of the molecule is COc1ccccc1[C@@H](C)NC(=O)CCc1cccc2ccccc12. The summed E-state index contributed by atoms with van der Waals surface area (Å²) in [5, 5.41) is 5.50. The highest BCUT2D eigenvalue weighted by molar-refractivity contribution is 5.86. The first-order chi connectivity index (χ1) is 12.2. The Morgan fingerprint density at radius 2 is 1.72 bits per heavy atom. The topological polar surface area (TPSA) is 38.3 Å². The first-order valence-electron chi connectivity index (χ1n) is 8.58. The molecule has 25 heavy (non-hydrogen) atoms. The number of hydrogen-bond acceptors (Lipinski definition) is 2. The van der Waals surface area contributed by atoms with E-state index in [1.807, 2.05) is 49.4 Å². The Hall–Kier alpha value is -2.81. The van der Waals surface area contributed by atoms with Gasteiger partial charge >= 0.3 is 0 Å². The highest BCUT2D eigenvalue weighted by Gasteiger charge is 2.13. The van der Waals surface area contributed by atoms with E-state index < -0.39 is 0 Å². The van der Waals surface area contributed by atoms with Crippen molar-refractivity contribution in [1.82, 2.24) is 5.32 Å². The molecular weight excluding hydrogens is 310 g/mol. The lowest BCUT2D eigenvalue weighted by Crippen LogP contribution is -2.27. The van der Waals surface area contributed by atoms with Gasteiger partial charge < -0.3 is 10.1 Å². The molecule has 3 nitrogen and oxygen atoms in total. The predicted octanol–water partition coefficient (Wildman–Crippen LogP) is 4.66. The van der Waals surface area contributed by atoms with Crippen LogP contribution >= 0.6 is 0 Å². The van der Waals surface area contributed by atoms with Crippen molar-refractivity contribution in [2.45, 2.75) is 25.8 Å². The van der Waals surface area contributed by atoms with Crippen LogP contribution in [0.4, 0.5) is 0 Å². The van der Waals surface area contributed by atoms with Crippen LogP contribution < -0.4 is 10.1 Å². The van der Waals surface area contributed by atoms with Gasteiger partial charge in [0.25, 0.3) is 0 Å². The zero-order valence-corrected chi connectivity index (χ0v) is 14.7. The normalized spacial score (nSPS) is 11.9. The van der Waals surface area contributed by atoms with Gasteiger partial charge in [0, 0.05) is 12.0 Å². The van der Waals surface area contributed by atoms with Crippen molar-refractivity contribution in [3.8, 4) is 5.75 Å². The fourth-order valence-electron chi connectivity index (χ4n) is 3.17. The van der Waals surface area contributed by atoms with Gasteiger partial charge in [-0.3, -0.25) is 4.79 Å². The van der Waals surface area contributed by atoms with Crippen LogP contribution in [0, 0.1) is 0 Å². The molecule has 3 heteroatoms. The molecule has 0 bridgehead atoms. The number of methoxy groups -OCH3 is 1. The van der Waals surface area contributed by atoms with E-state index in [1.165, 1.54) is 16.3 Å². The van der Waals surface area contributed by atoms with Crippen LogP contribution in [0.1, 0.15) is 30.5 Å². The van der Waals surface area contributed by atoms with Gasteiger partial charge in [0.1, 0.15) is 5.75 Å². The molecule has 1 N–H and O–H groups in total. The third-order valence-electron chi connectivity index (χ3n) is 4.48. The van der Waals surface area contributed by atoms with Crippen molar-refractivity contribution < 1.29 is 9.53 Å². The minimum atomic E-state index is -0.0869. The summed E-state index contributed by atoms with van der Waals surface area (Å²) in [4.78, 5) is 12.4. The van der Waals surface area contributed by atoms with Gasteiger partial charge in [-0.1, -0.05) is 60.7 Å². The Balaban J connectivity index is 1.64. The standard InChI is InChI=1S/C22H23NO2/c1-16(19-11-5-6-13-21(19)25-2)23-22(24)15-14-18-10-7-9-17-8-3-4-12-20(17)18/h3-13,16H,14-15H2,1-2H3,(H,23,24)/t16-/m1/s1. The molecule has 1 amide bonds. The predicted molar refractivity (Wildman–Crippen MR) is 102 cm³/mol. The Labute approximate surface area is 148 Å². The van der Waals surface area contributed by atoms with Gasteiger partial charge in [0.15, 0.2) is 0 Å². The van der Waals surface area contributed by atoms with Crippen LogP contribution in [0.15, 0.2) is 66.7 Å². The molecule has 0 aromatic heterocycles. The molecular formula is C22H23NO2. The summed E-state index contributed by atoms with van der Waals surface area (Å²) < 4.78 is 5.37. The molecule has 128 valence electrons. The molecule has 3 aromatic carbocycles. The Kier molecular flexibility index (Phi) is 5.34. The minimum absolute atomic E-state index is 0.0475. The quantitative estimate of drug-likeness (QED) is 0.712. The van der Waals surface area contributed by atoms with Gasteiger partial charge in [-0.2, -0.15) is 0 Å². The van der Waals surface area contributed by atoms with Crippen LogP contribution in [-0.2, 0) is 11.2 Å². The van der Waals surface area contributed by atoms with E-state index in [9.17, 15) is 4.79 Å². The van der Waals surface area contributed by atoms with Crippen LogP contribution in [0.2, 0.25) is 0 Å². The molecule has 0 unspecified atom stereocenters. The molecule has 0 saturated carbocycles. The summed E-state index contributed by atoms with van der Waals surface area (Å²) in [5.41, 5.74) is 2.20. The maximum Gasteiger partial charge on any atom is 0.220 e. The molecule has 0 spiro atoms. The Morgan fingerprint density at radius 1 is 1.00 bits per heavy atom. The van der Waals surface area contributed by atoms with Crippen LogP contribution in [0.25, 0.3) is 10.8 Å². The summed E-state index contributed by atoms with van der Waals surface area (Å²) in [6, 6.07) is 22.2. The number of carbonyl (C=O) groups excluding carboxylic acids is 1. The number of nitrogens with one attached hydrogen (secondary N) is 1. The summed E-state index contributed by atoms with van der Waals surface area (Å²) in [6.45, 7) is 1.98. The lowest BCUT2D eigenvalue weighted by molar-refractivity contribution is -0.121. The van der Waals surface area contributed by atoms with Crippen molar-refractivity contribution in [1.29, 1.82) is 0 Å². The zero-order chi connectivity index (χ0) is 17.6. The summed E-state index contributed by atoms with van der Waals surface area (Å²) in [5.74, 6) is 0.843. The minimum Gasteiger partial charge on any atom is -0.496 e. The van der Waals surface area contributed by atoms with Gasteiger partial charge in [0.2, 0.25) is 5.91 Å². The van der Waals surface area contributed by atoms with E-state index in [-0.39, 0.29) is 11.9 Å². The van der Waals surface area contributed by atoms with Gasteiger partial charge in [-0.15, -0.1) is 0 Å². The number of ether oxygens (including phenoxy) is 1. The van der Waals surface area contributed by atoms with E-state index in [0.29, 0.717) is 6.42 Å². The number of fused-ring (bicyclic) bond motifs is 1. The average Bonchev–Trinajstić information content (AvgIpc) is 2.66. The second kappa shape index (κ2) is 7.84. The smallest absolute Gasteiger partial charge is 0.220 e. The first-order valence-corrected chi connectivity index (χ1v) is 8.58. The van der Waals surface area contributed by atoms with Crippen molar-refractivity contribution >= 4 is 16.7 Å². The first kappa shape index (κ1) is 17.0. The number of benzene rings is 3. The molecule has 0 heterocycles. The summed E-state index contributed by atoms with van der Waals surface area (Å²) in [7, 11) is 1.65. The molecule has 3 rings (SSSR count). The fourth-order valence-corrected chi connectivity index (χ4v) is 3.17. The lowest BCUT2D eigenvalue weighted by atomic mass is 10.0. The second-order valence-electron chi connectivity index (χ2n) is 6.17. The average molecular weight is 333 g/mol. The van der Waals surface area contributed by atoms with Crippen molar-refractivity contribution in [3.63, 3.8) is 0 Å². The molecule has 3 aromatic rings. The molecule has 0 aliphatic heterocycles. The maximum atomic E-state index is 12.4. The monoisotopic (exact) mass is 333 g/mol. The van der Waals surface area contributed by atoms with Crippen molar-refractivity contribution in [2.75, 3.05) is 7.11 Å². The van der Waals surface area contributed by atoms with E-state index >= 15 is 0 Å². The van der Waals surface area contributed by atoms with Crippen LogP contribution in [0.5, 0.6) is 5.75 Å². The molecule has 0 aliphatic rings. The van der Waals surface area contributed by atoms with Gasteiger partial charge in [-0.05, 0) is 35.7 Å². The van der Waals surface area contributed by atoms with Gasteiger partial charge in [0.05, 0.1) is 13.2 Å². The summed E-state index contributed by atoms with van der Waals surface area (Å²) in [6.07, 6.45) is 1.19. The number of hydrogen-bond donors (Lipinski definition) is 1. The van der Waals surface area contributed by atoms with E-state index in [2.05, 4.69) is 29.6 Å². The molecule has 1 atom stereocenters. The lowest BCUT2D eigenvalue weighted by Gasteiger charge is -2.17. The van der Waals surface area contributed by atoms with Gasteiger partial charge in [-0.25, -0.2) is 0 Å². The second-order valence-corrected chi connectivity index (χ2v) is 6.17. The van der Waals surface area contributed by atoms with Crippen LogP contribution in [0.3, 0.4) is 0 Å².